The van der Waals surface area contributed by atoms with Crippen LogP contribution in [0.15, 0.2) is 53.7 Å². The summed E-state index contributed by atoms with van der Waals surface area (Å²) in [5.74, 6) is 0.755. The molecule has 0 bridgehead atoms. The predicted octanol–water partition coefficient (Wildman–Crippen LogP) is 4.07. The standard InChI is InChI=1S/C22H25N5OS/c1-15(2)16-10-12-18(13-11-16)27-22(24-25-26-27)29-14-21(28)23-20-9-5-7-17-6-3-4-8-19(17)20/h3-4,6,8,10-13,15,20H,5,7,9,14H2,1-2H3,(H,23,28)/t20-/m1/s1. The van der Waals surface area contributed by atoms with Gasteiger partial charge in [-0.15, -0.1) is 5.10 Å². The lowest BCUT2D eigenvalue weighted by atomic mass is 9.88. The molecule has 1 amide bonds. The number of hydrogen-bond acceptors (Lipinski definition) is 5. The maximum absolute atomic E-state index is 12.6. The third-order valence-corrected chi connectivity index (χ3v) is 6.20. The van der Waals surface area contributed by atoms with E-state index in [1.807, 2.05) is 18.2 Å². The Morgan fingerprint density at radius 2 is 2.00 bits per heavy atom. The molecule has 150 valence electrons. The van der Waals surface area contributed by atoms with Crippen molar-refractivity contribution in [1.82, 2.24) is 25.5 Å². The molecule has 1 N–H and O–H groups in total. The number of nitrogens with zero attached hydrogens (tertiary/aromatic N) is 4. The smallest absolute Gasteiger partial charge is 0.230 e. The molecule has 1 heterocycles. The highest BCUT2D eigenvalue weighted by atomic mass is 32.2. The van der Waals surface area contributed by atoms with Gasteiger partial charge in [0.25, 0.3) is 0 Å². The third kappa shape index (κ3) is 4.50. The van der Waals surface area contributed by atoms with Gasteiger partial charge in [-0.3, -0.25) is 4.79 Å². The molecule has 6 nitrogen and oxygen atoms in total. The molecule has 7 heteroatoms. The van der Waals surface area contributed by atoms with Crippen LogP contribution in [0.25, 0.3) is 5.69 Å². The van der Waals surface area contributed by atoms with Crippen molar-refractivity contribution in [2.45, 2.75) is 50.2 Å². The van der Waals surface area contributed by atoms with Crippen molar-refractivity contribution in [3.63, 3.8) is 0 Å². The number of fused-ring (bicyclic) bond motifs is 1. The summed E-state index contributed by atoms with van der Waals surface area (Å²) in [4.78, 5) is 12.6. The SMILES string of the molecule is CC(C)c1ccc(-n2nnnc2SCC(=O)N[C@@H]2CCCc3ccccc32)cc1. The zero-order valence-electron chi connectivity index (χ0n) is 16.7. The number of rotatable bonds is 6. The van der Waals surface area contributed by atoms with Gasteiger partial charge in [-0.1, -0.05) is 62.0 Å². The number of thioether (sulfide) groups is 1. The summed E-state index contributed by atoms with van der Waals surface area (Å²) in [5, 5.41) is 15.8. The highest BCUT2D eigenvalue weighted by Gasteiger charge is 2.21. The molecule has 1 aliphatic carbocycles. The van der Waals surface area contributed by atoms with Gasteiger partial charge in [0.1, 0.15) is 0 Å². The molecule has 0 spiro atoms. The lowest BCUT2D eigenvalue weighted by Crippen LogP contribution is -2.32. The predicted molar refractivity (Wildman–Crippen MR) is 114 cm³/mol. The van der Waals surface area contributed by atoms with E-state index in [2.05, 4.69) is 65.0 Å². The van der Waals surface area contributed by atoms with Crippen LogP contribution in [0, 0.1) is 0 Å². The molecule has 4 rings (SSSR count). The molecule has 0 fully saturated rings. The Labute approximate surface area is 175 Å². The Morgan fingerprint density at radius 3 is 2.79 bits per heavy atom. The maximum atomic E-state index is 12.6. The van der Waals surface area contributed by atoms with Crippen LogP contribution in [0.3, 0.4) is 0 Å². The molecule has 1 atom stereocenters. The Kier molecular flexibility index (Phi) is 5.94. The fourth-order valence-corrected chi connectivity index (χ4v) is 4.40. The van der Waals surface area contributed by atoms with E-state index in [1.165, 1.54) is 28.5 Å². The highest BCUT2D eigenvalue weighted by molar-refractivity contribution is 7.99. The Hall–Kier alpha value is -2.67. The largest absolute Gasteiger partial charge is 0.349 e. The maximum Gasteiger partial charge on any atom is 0.230 e. The van der Waals surface area contributed by atoms with Crippen molar-refractivity contribution in [3.8, 4) is 5.69 Å². The molecule has 0 radical (unpaired) electrons. The van der Waals surface area contributed by atoms with Crippen LogP contribution < -0.4 is 5.32 Å². The average molecular weight is 408 g/mol. The molecule has 0 saturated carbocycles. The number of carbonyl (C=O) groups excluding carboxylic acids is 1. The minimum Gasteiger partial charge on any atom is -0.349 e. The van der Waals surface area contributed by atoms with Crippen LogP contribution in [0.2, 0.25) is 0 Å². The quantitative estimate of drug-likeness (QED) is 0.624. The Bertz CT molecular complexity index is 983. The average Bonchev–Trinajstić information content (AvgIpc) is 3.21. The van der Waals surface area contributed by atoms with E-state index in [9.17, 15) is 4.79 Å². The van der Waals surface area contributed by atoms with Crippen molar-refractivity contribution in [2.24, 2.45) is 0 Å². The van der Waals surface area contributed by atoms with E-state index in [0.717, 1.165) is 24.9 Å². The zero-order valence-corrected chi connectivity index (χ0v) is 17.5. The van der Waals surface area contributed by atoms with Crippen LogP contribution in [0.1, 0.15) is 55.3 Å². The van der Waals surface area contributed by atoms with Crippen molar-refractivity contribution in [3.05, 3.63) is 65.2 Å². The molecule has 29 heavy (non-hydrogen) atoms. The summed E-state index contributed by atoms with van der Waals surface area (Å²) in [6, 6.07) is 16.7. The first-order chi connectivity index (χ1) is 14.1. The van der Waals surface area contributed by atoms with E-state index in [1.54, 1.807) is 4.68 Å². The van der Waals surface area contributed by atoms with Crippen LogP contribution in [-0.4, -0.2) is 31.9 Å². The van der Waals surface area contributed by atoms with Crippen molar-refractivity contribution >= 4 is 17.7 Å². The summed E-state index contributed by atoms with van der Waals surface area (Å²) in [5.41, 5.74) is 4.74. The monoisotopic (exact) mass is 407 g/mol. The van der Waals surface area contributed by atoms with E-state index in [-0.39, 0.29) is 17.7 Å². The molecule has 1 aromatic heterocycles. The summed E-state index contributed by atoms with van der Waals surface area (Å²) in [6.45, 7) is 4.33. The van der Waals surface area contributed by atoms with Gasteiger partial charge in [0, 0.05) is 0 Å². The normalized spacial score (nSPS) is 15.9. The number of carbonyl (C=O) groups is 1. The molecular weight excluding hydrogens is 382 g/mol. The summed E-state index contributed by atoms with van der Waals surface area (Å²) < 4.78 is 1.68. The van der Waals surface area contributed by atoms with Gasteiger partial charge in [0.05, 0.1) is 17.5 Å². The van der Waals surface area contributed by atoms with E-state index in [0.29, 0.717) is 11.1 Å². The molecular formula is C22H25N5OS. The minimum absolute atomic E-state index is 0.00130. The van der Waals surface area contributed by atoms with E-state index < -0.39 is 0 Å². The van der Waals surface area contributed by atoms with Gasteiger partial charge in [-0.05, 0) is 64.4 Å². The van der Waals surface area contributed by atoms with Crippen LogP contribution in [0.4, 0.5) is 0 Å². The number of nitrogens with one attached hydrogen (secondary N) is 1. The zero-order chi connectivity index (χ0) is 20.2. The summed E-state index contributed by atoms with van der Waals surface area (Å²) in [6.07, 6.45) is 3.16. The Balaban J connectivity index is 1.39. The summed E-state index contributed by atoms with van der Waals surface area (Å²) >= 11 is 1.35. The minimum atomic E-state index is 0.00130. The van der Waals surface area contributed by atoms with Gasteiger partial charge in [0.2, 0.25) is 11.1 Å². The molecule has 0 saturated heterocycles. The van der Waals surface area contributed by atoms with E-state index >= 15 is 0 Å². The van der Waals surface area contributed by atoms with Gasteiger partial charge in [-0.25, -0.2) is 0 Å². The summed E-state index contributed by atoms with van der Waals surface area (Å²) in [7, 11) is 0. The topological polar surface area (TPSA) is 72.7 Å². The molecule has 0 aliphatic heterocycles. The number of hydrogen-bond donors (Lipinski definition) is 1. The number of tetrazole rings is 1. The first-order valence-electron chi connectivity index (χ1n) is 10.0. The number of benzene rings is 2. The van der Waals surface area contributed by atoms with Gasteiger partial charge in [-0.2, -0.15) is 4.68 Å². The lowest BCUT2D eigenvalue weighted by molar-refractivity contribution is -0.119. The number of aryl methyl sites for hydroxylation is 1. The molecule has 1 aliphatic rings. The second-order valence-corrected chi connectivity index (χ2v) is 8.56. The second kappa shape index (κ2) is 8.78. The van der Waals surface area contributed by atoms with Gasteiger partial charge in [0.15, 0.2) is 0 Å². The van der Waals surface area contributed by atoms with Gasteiger partial charge < -0.3 is 5.32 Å². The first kappa shape index (κ1) is 19.6. The second-order valence-electron chi connectivity index (χ2n) is 7.62. The fraction of sp³-hybridized carbons (Fsp3) is 0.364. The lowest BCUT2D eigenvalue weighted by Gasteiger charge is -2.26. The van der Waals surface area contributed by atoms with Crippen LogP contribution in [-0.2, 0) is 11.2 Å². The molecule has 3 aromatic rings. The number of amides is 1. The fourth-order valence-electron chi connectivity index (χ4n) is 3.70. The first-order valence-corrected chi connectivity index (χ1v) is 11.0. The van der Waals surface area contributed by atoms with Crippen molar-refractivity contribution in [2.75, 3.05) is 5.75 Å². The highest BCUT2D eigenvalue weighted by Crippen LogP contribution is 2.29. The molecule has 0 unspecified atom stereocenters. The third-order valence-electron chi connectivity index (χ3n) is 5.28. The Morgan fingerprint density at radius 1 is 1.21 bits per heavy atom. The van der Waals surface area contributed by atoms with Crippen LogP contribution >= 0.6 is 11.8 Å². The van der Waals surface area contributed by atoms with Gasteiger partial charge >= 0.3 is 0 Å². The van der Waals surface area contributed by atoms with Crippen molar-refractivity contribution in [1.29, 1.82) is 0 Å². The van der Waals surface area contributed by atoms with Crippen LogP contribution in [0.5, 0.6) is 0 Å². The van der Waals surface area contributed by atoms with E-state index in [4.69, 9.17) is 0 Å². The number of aromatic nitrogens is 4. The molecule has 2 aromatic carbocycles. The van der Waals surface area contributed by atoms with Crippen molar-refractivity contribution < 1.29 is 4.79 Å².